The molecule has 0 spiro atoms. The van der Waals surface area contributed by atoms with Crippen LogP contribution in [0.2, 0.25) is 0 Å². The molecule has 0 heterocycles. The maximum absolute atomic E-state index is 9.31. The highest BCUT2D eigenvalue weighted by molar-refractivity contribution is 4.89. The predicted octanol–water partition coefficient (Wildman–Crippen LogP) is 3.20. The Bertz CT molecular complexity index is 230. The Balaban J connectivity index is 2.55. The highest BCUT2D eigenvalue weighted by Crippen LogP contribution is 2.38. The first-order valence-electron chi connectivity index (χ1n) is 7.10. The van der Waals surface area contributed by atoms with Crippen LogP contribution in [0.4, 0.5) is 0 Å². The maximum atomic E-state index is 9.31. The first-order chi connectivity index (χ1) is 7.76. The quantitative estimate of drug-likeness (QED) is 0.792. The minimum Gasteiger partial charge on any atom is -0.396 e. The highest BCUT2D eigenvalue weighted by atomic mass is 16.3. The molecule has 102 valence electrons. The van der Waals surface area contributed by atoms with Crippen molar-refractivity contribution in [2.75, 3.05) is 13.2 Å². The third-order valence-electron chi connectivity index (χ3n) is 4.15. The molecule has 0 saturated heterocycles. The Morgan fingerprint density at radius 2 is 1.65 bits per heavy atom. The Kier molecular flexibility index (Phi) is 5.03. The molecule has 0 bridgehead atoms. The van der Waals surface area contributed by atoms with E-state index in [1.54, 1.807) is 0 Å². The zero-order chi connectivity index (χ0) is 13.1. The second-order valence-electron chi connectivity index (χ2n) is 7.57. The third-order valence-corrected chi connectivity index (χ3v) is 4.15. The lowest BCUT2D eigenvalue weighted by atomic mass is 9.69. The fraction of sp³-hybridized carbons (Fsp3) is 1.00. The fourth-order valence-electron chi connectivity index (χ4n) is 2.88. The van der Waals surface area contributed by atoms with Gasteiger partial charge in [0.05, 0.1) is 0 Å². The summed E-state index contributed by atoms with van der Waals surface area (Å²) >= 11 is 0. The van der Waals surface area contributed by atoms with Gasteiger partial charge < -0.3 is 10.4 Å². The molecule has 1 aliphatic carbocycles. The molecule has 1 rings (SSSR count). The molecule has 0 aliphatic heterocycles. The summed E-state index contributed by atoms with van der Waals surface area (Å²) in [6.07, 6.45) is 5.37. The summed E-state index contributed by atoms with van der Waals surface area (Å²) < 4.78 is 0. The molecule has 2 N–H and O–H groups in total. The van der Waals surface area contributed by atoms with Gasteiger partial charge >= 0.3 is 0 Å². The molecule has 1 aliphatic rings. The molecule has 0 aromatic rings. The lowest BCUT2D eigenvalue weighted by Gasteiger charge is -2.42. The summed E-state index contributed by atoms with van der Waals surface area (Å²) in [5.74, 6) is 0.769. The normalized spacial score (nSPS) is 27.2. The van der Waals surface area contributed by atoms with Gasteiger partial charge in [0.2, 0.25) is 0 Å². The van der Waals surface area contributed by atoms with Crippen molar-refractivity contribution in [1.29, 1.82) is 0 Å². The van der Waals surface area contributed by atoms with Crippen molar-refractivity contribution < 1.29 is 5.11 Å². The van der Waals surface area contributed by atoms with Gasteiger partial charge in [0.25, 0.3) is 0 Å². The van der Waals surface area contributed by atoms with Crippen LogP contribution >= 0.6 is 0 Å². The molecular formula is C15H31NO. The van der Waals surface area contributed by atoms with E-state index in [1.807, 2.05) is 0 Å². The summed E-state index contributed by atoms with van der Waals surface area (Å²) in [5.41, 5.74) is 0.390. The SMILES string of the molecule is CC(C)(CO)CNC1CCCCC1C(C)(C)C. The average Bonchev–Trinajstić information content (AvgIpc) is 2.26. The molecule has 2 heteroatoms. The van der Waals surface area contributed by atoms with Gasteiger partial charge in [0.1, 0.15) is 0 Å². The number of rotatable bonds is 4. The molecule has 0 aromatic heterocycles. The predicted molar refractivity (Wildman–Crippen MR) is 74.1 cm³/mol. The number of aliphatic hydroxyl groups is 1. The minimum atomic E-state index is -0.000118. The molecule has 0 radical (unpaired) electrons. The zero-order valence-electron chi connectivity index (χ0n) is 12.3. The van der Waals surface area contributed by atoms with Gasteiger partial charge in [-0.05, 0) is 24.2 Å². The molecule has 2 atom stereocenters. The van der Waals surface area contributed by atoms with Gasteiger partial charge in [-0.3, -0.25) is 0 Å². The standard InChI is InChI=1S/C15H31NO/c1-14(2,3)12-8-6-7-9-13(12)16-10-15(4,5)11-17/h12-13,16-17H,6-11H2,1-5H3. The van der Waals surface area contributed by atoms with Crippen LogP contribution in [-0.2, 0) is 0 Å². The summed E-state index contributed by atoms with van der Waals surface area (Å²) in [5, 5.41) is 13.0. The van der Waals surface area contributed by atoms with Crippen LogP contribution in [0.25, 0.3) is 0 Å². The molecule has 1 fully saturated rings. The molecule has 1 saturated carbocycles. The molecule has 0 amide bonds. The van der Waals surface area contributed by atoms with Gasteiger partial charge in [0, 0.05) is 24.6 Å². The van der Waals surface area contributed by atoms with Crippen molar-refractivity contribution in [2.45, 2.75) is 66.3 Å². The molecule has 17 heavy (non-hydrogen) atoms. The van der Waals surface area contributed by atoms with Crippen molar-refractivity contribution in [3.63, 3.8) is 0 Å². The van der Waals surface area contributed by atoms with Crippen molar-refractivity contribution in [1.82, 2.24) is 5.32 Å². The summed E-state index contributed by atoms with van der Waals surface area (Å²) in [6, 6.07) is 0.634. The second kappa shape index (κ2) is 5.71. The van der Waals surface area contributed by atoms with Crippen molar-refractivity contribution in [3.8, 4) is 0 Å². The van der Waals surface area contributed by atoms with Gasteiger partial charge in [-0.15, -0.1) is 0 Å². The fourth-order valence-corrected chi connectivity index (χ4v) is 2.88. The van der Waals surface area contributed by atoms with E-state index in [9.17, 15) is 5.11 Å². The lowest BCUT2D eigenvalue weighted by molar-refractivity contribution is 0.105. The molecule has 2 nitrogen and oxygen atoms in total. The van der Waals surface area contributed by atoms with E-state index < -0.39 is 0 Å². The number of aliphatic hydroxyl groups excluding tert-OH is 1. The van der Waals surface area contributed by atoms with E-state index in [0.717, 1.165) is 12.5 Å². The lowest BCUT2D eigenvalue weighted by Crippen LogP contribution is -2.47. The van der Waals surface area contributed by atoms with E-state index >= 15 is 0 Å². The third kappa shape index (κ3) is 4.59. The Morgan fingerprint density at radius 1 is 1.06 bits per heavy atom. The van der Waals surface area contributed by atoms with E-state index in [0.29, 0.717) is 11.5 Å². The minimum absolute atomic E-state index is 0.000118. The van der Waals surface area contributed by atoms with E-state index in [-0.39, 0.29) is 12.0 Å². The van der Waals surface area contributed by atoms with Crippen molar-refractivity contribution in [3.05, 3.63) is 0 Å². The molecule has 2 unspecified atom stereocenters. The average molecular weight is 241 g/mol. The Morgan fingerprint density at radius 3 is 2.18 bits per heavy atom. The van der Waals surface area contributed by atoms with E-state index in [4.69, 9.17) is 0 Å². The van der Waals surface area contributed by atoms with Gasteiger partial charge in [-0.1, -0.05) is 47.5 Å². The maximum Gasteiger partial charge on any atom is 0.0494 e. The van der Waals surface area contributed by atoms with Crippen LogP contribution in [-0.4, -0.2) is 24.3 Å². The largest absolute Gasteiger partial charge is 0.396 e. The second-order valence-corrected chi connectivity index (χ2v) is 7.57. The summed E-state index contributed by atoms with van der Waals surface area (Å²) in [4.78, 5) is 0. The summed E-state index contributed by atoms with van der Waals surface area (Å²) in [7, 11) is 0. The Hall–Kier alpha value is -0.0800. The number of hydrogen-bond acceptors (Lipinski definition) is 2. The van der Waals surface area contributed by atoms with Gasteiger partial charge in [-0.2, -0.15) is 0 Å². The van der Waals surface area contributed by atoms with Gasteiger partial charge in [0.15, 0.2) is 0 Å². The highest BCUT2D eigenvalue weighted by Gasteiger charge is 2.34. The first-order valence-corrected chi connectivity index (χ1v) is 7.10. The topological polar surface area (TPSA) is 32.3 Å². The first kappa shape index (κ1) is 15.0. The Labute approximate surface area is 107 Å². The zero-order valence-corrected chi connectivity index (χ0v) is 12.3. The van der Waals surface area contributed by atoms with E-state index in [1.165, 1.54) is 25.7 Å². The van der Waals surface area contributed by atoms with Crippen LogP contribution in [0.15, 0.2) is 0 Å². The van der Waals surface area contributed by atoms with Gasteiger partial charge in [-0.25, -0.2) is 0 Å². The van der Waals surface area contributed by atoms with Crippen LogP contribution in [0.1, 0.15) is 60.3 Å². The smallest absolute Gasteiger partial charge is 0.0494 e. The number of nitrogens with one attached hydrogen (secondary N) is 1. The van der Waals surface area contributed by atoms with Crippen LogP contribution in [0, 0.1) is 16.7 Å². The van der Waals surface area contributed by atoms with Crippen molar-refractivity contribution in [2.24, 2.45) is 16.7 Å². The van der Waals surface area contributed by atoms with Crippen molar-refractivity contribution >= 4 is 0 Å². The molecular weight excluding hydrogens is 210 g/mol. The summed E-state index contributed by atoms with van der Waals surface area (Å²) in [6.45, 7) is 12.5. The molecule has 0 aromatic carbocycles. The van der Waals surface area contributed by atoms with Crippen LogP contribution < -0.4 is 5.32 Å². The van der Waals surface area contributed by atoms with Crippen LogP contribution in [0.5, 0.6) is 0 Å². The van der Waals surface area contributed by atoms with E-state index in [2.05, 4.69) is 39.9 Å². The monoisotopic (exact) mass is 241 g/mol. The number of hydrogen-bond donors (Lipinski definition) is 2. The van der Waals surface area contributed by atoms with Crippen LogP contribution in [0.3, 0.4) is 0 Å².